The molecule has 12 heteroatoms. The minimum atomic E-state index is -4.82. The summed E-state index contributed by atoms with van der Waals surface area (Å²) in [7, 11) is -4.82. The molecule has 2 atom stereocenters. The number of halogens is 2. The topological polar surface area (TPSA) is 131 Å². The third-order valence-corrected chi connectivity index (χ3v) is 5.78. The highest BCUT2D eigenvalue weighted by Gasteiger charge is 2.46. The van der Waals surface area contributed by atoms with Crippen molar-refractivity contribution in [3.63, 3.8) is 0 Å². The van der Waals surface area contributed by atoms with Crippen LogP contribution in [0.25, 0.3) is 0 Å². The molecule has 9 nitrogen and oxygen atoms in total. The van der Waals surface area contributed by atoms with E-state index in [-0.39, 0.29) is 16.4 Å². The average Bonchev–Trinajstić information content (AvgIpc) is 2.70. The molecule has 1 amide bonds. The van der Waals surface area contributed by atoms with Gasteiger partial charge in [-0.25, -0.2) is 8.96 Å². The maximum atomic E-state index is 13.5. The molecule has 0 aliphatic carbocycles. The van der Waals surface area contributed by atoms with Crippen molar-refractivity contribution in [1.29, 1.82) is 0 Å². The van der Waals surface area contributed by atoms with Gasteiger partial charge in [0.25, 0.3) is 5.91 Å². The lowest BCUT2D eigenvalue weighted by Crippen LogP contribution is -2.55. The number of benzene rings is 2. The molecule has 2 unspecified atom stereocenters. The Balaban J connectivity index is 2.01. The van der Waals surface area contributed by atoms with E-state index in [4.69, 9.17) is 30.9 Å². The van der Waals surface area contributed by atoms with Crippen LogP contribution in [-0.4, -0.2) is 40.0 Å². The van der Waals surface area contributed by atoms with Crippen LogP contribution in [0.4, 0.5) is 4.39 Å². The van der Waals surface area contributed by atoms with Gasteiger partial charge >= 0.3 is 7.82 Å². The third kappa shape index (κ3) is 5.97. The Labute approximate surface area is 194 Å². The molecule has 1 aliphatic rings. The summed E-state index contributed by atoms with van der Waals surface area (Å²) in [5.74, 6) is -1.15. The van der Waals surface area contributed by atoms with Gasteiger partial charge in [0.05, 0.1) is 11.1 Å². The molecule has 2 aromatic rings. The Morgan fingerprint density at radius 2 is 1.88 bits per heavy atom. The van der Waals surface area contributed by atoms with Gasteiger partial charge in [0.15, 0.2) is 12.6 Å². The van der Waals surface area contributed by atoms with Crippen molar-refractivity contribution in [2.45, 2.75) is 38.5 Å². The zero-order valence-electron chi connectivity index (χ0n) is 17.9. The molecule has 0 aromatic heterocycles. The summed E-state index contributed by atoms with van der Waals surface area (Å²) in [6.45, 7) is 3.90. The van der Waals surface area contributed by atoms with Gasteiger partial charge < -0.3 is 24.6 Å². The van der Waals surface area contributed by atoms with Crippen molar-refractivity contribution in [2.75, 3.05) is 6.79 Å². The van der Waals surface area contributed by atoms with E-state index in [0.29, 0.717) is 16.9 Å². The summed E-state index contributed by atoms with van der Waals surface area (Å²) in [4.78, 5) is 42.8. The molecule has 0 saturated heterocycles. The molecule has 0 spiro atoms. The van der Waals surface area contributed by atoms with Gasteiger partial charge in [0.1, 0.15) is 23.3 Å². The van der Waals surface area contributed by atoms with E-state index >= 15 is 0 Å². The predicted octanol–water partition coefficient (Wildman–Crippen LogP) is 3.78. The average molecular weight is 502 g/mol. The number of fused-ring (bicyclic) bond motifs is 1. The van der Waals surface area contributed by atoms with Crippen LogP contribution in [0.15, 0.2) is 36.4 Å². The first-order valence-corrected chi connectivity index (χ1v) is 11.6. The first-order valence-electron chi connectivity index (χ1n) is 9.70. The van der Waals surface area contributed by atoms with E-state index in [1.54, 1.807) is 26.0 Å². The molecule has 178 valence electrons. The number of carbonyl (C=O) groups is 2. The molecule has 2 aromatic carbocycles. The zero-order valence-corrected chi connectivity index (χ0v) is 19.5. The largest absolute Gasteiger partial charge is 0.485 e. The lowest BCUT2D eigenvalue weighted by Gasteiger charge is -2.44. The molecule has 33 heavy (non-hydrogen) atoms. The fourth-order valence-corrected chi connectivity index (χ4v) is 3.87. The molecule has 0 radical (unpaired) electrons. The van der Waals surface area contributed by atoms with E-state index < -0.39 is 44.1 Å². The standard InChI is InChI=1S/C21H22ClFNO8P/c1-11(25)12-5-7-17-14(8-12)18(24-20(26)13-4-6-16(23)15(22)9-13)19(21(2,3)32-17)30-10-31-33(27,28)29/h4-9,18-19H,10H2,1-3H3,(H,24,26)(H2,27,28,29). The Morgan fingerprint density at radius 1 is 1.21 bits per heavy atom. The summed E-state index contributed by atoms with van der Waals surface area (Å²) in [5.41, 5.74) is -0.266. The molecule has 3 N–H and O–H groups in total. The molecule has 0 saturated carbocycles. The summed E-state index contributed by atoms with van der Waals surface area (Å²) in [6, 6.07) is 7.24. The first-order chi connectivity index (χ1) is 15.3. The van der Waals surface area contributed by atoms with Crippen molar-refractivity contribution in [2.24, 2.45) is 0 Å². The van der Waals surface area contributed by atoms with E-state index in [2.05, 4.69) is 9.84 Å². The Hall–Kier alpha value is -2.33. The monoisotopic (exact) mass is 501 g/mol. The van der Waals surface area contributed by atoms with Crippen LogP contribution in [-0.2, 0) is 13.8 Å². The number of carbonyl (C=O) groups excluding carboxylic acids is 2. The van der Waals surface area contributed by atoms with Crippen LogP contribution < -0.4 is 10.1 Å². The summed E-state index contributed by atoms with van der Waals surface area (Å²) in [5, 5.41) is 2.53. The van der Waals surface area contributed by atoms with Crippen LogP contribution in [0, 0.1) is 5.82 Å². The number of amides is 1. The van der Waals surface area contributed by atoms with Crippen LogP contribution in [0.3, 0.4) is 0 Å². The normalized spacial score (nSPS) is 19.4. The molecular formula is C21H22ClFNO8P. The van der Waals surface area contributed by atoms with Gasteiger partial charge in [-0.05, 0) is 57.2 Å². The van der Waals surface area contributed by atoms with Crippen LogP contribution in [0.1, 0.15) is 53.1 Å². The van der Waals surface area contributed by atoms with Crippen LogP contribution in [0.2, 0.25) is 5.02 Å². The summed E-state index contributed by atoms with van der Waals surface area (Å²) >= 11 is 5.79. The van der Waals surface area contributed by atoms with Crippen LogP contribution >= 0.6 is 19.4 Å². The number of rotatable bonds is 7. The van der Waals surface area contributed by atoms with Crippen molar-refractivity contribution in [3.05, 3.63) is 63.9 Å². The maximum Gasteiger partial charge on any atom is 0.471 e. The lowest BCUT2D eigenvalue weighted by atomic mass is 9.85. The number of ketones is 1. The highest BCUT2D eigenvalue weighted by atomic mass is 35.5. The van der Waals surface area contributed by atoms with E-state index in [0.717, 1.165) is 12.1 Å². The number of ether oxygens (including phenoxy) is 2. The Bertz CT molecular complexity index is 1140. The SMILES string of the molecule is CC(=O)c1ccc2c(c1)C(NC(=O)c1ccc(F)c(Cl)c1)C(OCOP(=O)(O)O)C(C)(C)O2. The second-order valence-electron chi connectivity index (χ2n) is 7.92. The maximum absolute atomic E-state index is 13.5. The number of nitrogens with one attached hydrogen (secondary N) is 1. The minimum Gasteiger partial charge on any atom is -0.485 e. The third-order valence-electron chi connectivity index (χ3n) is 5.05. The quantitative estimate of drug-likeness (QED) is 0.297. The Morgan fingerprint density at radius 3 is 2.48 bits per heavy atom. The molecule has 3 rings (SSSR count). The highest BCUT2D eigenvalue weighted by Crippen LogP contribution is 2.43. The van der Waals surface area contributed by atoms with E-state index in [1.807, 2.05) is 0 Å². The van der Waals surface area contributed by atoms with Crippen molar-refractivity contribution in [1.82, 2.24) is 5.32 Å². The summed E-state index contributed by atoms with van der Waals surface area (Å²) in [6.07, 6.45) is -1.00. The lowest BCUT2D eigenvalue weighted by molar-refractivity contribution is -0.141. The molecule has 0 fully saturated rings. The summed E-state index contributed by atoms with van der Waals surface area (Å²) < 4.78 is 40.6. The van der Waals surface area contributed by atoms with Crippen LogP contribution in [0.5, 0.6) is 5.75 Å². The van der Waals surface area contributed by atoms with Gasteiger partial charge in [-0.3, -0.25) is 14.1 Å². The van der Waals surface area contributed by atoms with Gasteiger partial charge in [0, 0.05) is 16.7 Å². The molecule has 0 bridgehead atoms. The van der Waals surface area contributed by atoms with Gasteiger partial charge in [-0.15, -0.1) is 0 Å². The first kappa shape index (κ1) is 25.3. The highest BCUT2D eigenvalue weighted by molar-refractivity contribution is 7.46. The molecular weight excluding hydrogens is 480 g/mol. The molecule has 1 aliphatic heterocycles. The minimum absolute atomic E-state index is 0.0696. The fourth-order valence-electron chi connectivity index (χ4n) is 3.49. The van der Waals surface area contributed by atoms with E-state index in [9.17, 15) is 18.5 Å². The fraction of sp³-hybridized carbons (Fsp3) is 0.333. The van der Waals surface area contributed by atoms with Gasteiger partial charge in [-0.2, -0.15) is 0 Å². The van der Waals surface area contributed by atoms with Crippen molar-refractivity contribution in [3.8, 4) is 5.75 Å². The number of phosphoric acid groups is 1. The smallest absolute Gasteiger partial charge is 0.471 e. The van der Waals surface area contributed by atoms with Gasteiger partial charge in [-0.1, -0.05) is 11.6 Å². The second kappa shape index (κ2) is 9.50. The van der Waals surface area contributed by atoms with Gasteiger partial charge in [0.2, 0.25) is 0 Å². The van der Waals surface area contributed by atoms with Crippen molar-refractivity contribution < 1.29 is 42.3 Å². The molecule has 1 heterocycles. The number of Topliss-reactive ketones (excluding diaryl/α,β-unsaturated/α-hetero) is 1. The second-order valence-corrected chi connectivity index (χ2v) is 9.57. The zero-order chi connectivity index (χ0) is 24.6. The Kier molecular flexibility index (Phi) is 7.28. The number of hydrogen-bond donors (Lipinski definition) is 3. The predicted molar refractivity (Wildman–Crippen MR) is 116 cm³/mol. The van der Waals surface area contributed by atoms with Crippen molar-refractivity contribution >= 4 is 31.1 Å². The number of phosphoric ester groups is 1. The number of hydrogen-bond acceptors (Lipinski definition) is 6. The van der Waals surface area contributed by atoms with E-state index in [1.165, 1.54) is 19.1 Å².